The third-order valence-electron chi connectivity index (χ3n) is 6.58. The number of benzene rings is 2. The van der Waals surface area contributed by atoms with Gasteiger partial charge in [0.05, 0.1) is 13.2 Å². The minimum atomic E-state index is -0.198. The first-order valence-corrected chi connectivity index (χ1v) is 11.6. The molecule has 0 aliphatic carbocycles. The number of hydrogen-bond donors (Lipinski definition) is 1. The first-order valence-electron chi connectivity index (χ1n) is 11.6. The van der Waals surface area contributed by atoms with Crippen LogP contribution in [-0.4, -0.2) is 49.7 Å². The highest BCUT2D eigenvalue weighted by Crippen LogP contribution is 2.34. The van der Waals surface area contributed by atoms with Crippen molar-refractivity contribution in [3.05, 3.63) is 64.5 Å². The number of nitrogens with zero attached hydrogens (tertiary/aromatic N) is 2. The first kappa shape index (κ1) is 23.4. The lowest BCUT2D eigenvalue weighted by Gasteiger charge is -2.38. The molecule has 4 rings (SSSR count). The van der Waals surface area contributed by atoms with Crippen LogP contribution in [0.2, 0.25) is 0 Å². The molecule has 2 saturated heterocycles. The van der Waals surface area contributed by atoms with Crippen LogP contribution in [0.25, 0.3) is 0 Å². The zero-order valence-corrected chi connectivity index (χ0v) is 19.6. The number of anilines is 1. The lowest BCUT2D eigenvalue weighted by atomic mass is 9.84. The van der Waals surface area contributed by atoms with Crippen molar-refractivity contribution >= 4 is 17.5 Å². The second-order valence-electron chi connectivity index (χ2n) is 9.25. The predicted molar refractivity (Wildman–Crippen MR) is 126 cm³/mol. The van der Waals surface area contributed by atoms with Gasteiger partial charge in [-0.3, -0.25) is 15.0 Å². The summed E-state index contributed by atoms with van der Waals surface area (Å²) in [4.78, 5) is 27.8. The van der Waals surface area contributed by atoms with Gasteiger partial charge in [0, 0.05) is 36.8 Å². The summed E-state index contributed by atoms with van der Waals surface area (Å²) >= 11 is 0. The van der Waals surface area contributed by atoms with Crippen molar-refractivity contribution in [2.24, 2.45) is 11.8 Å². The minimum absolute atomic E-state index is 0.0801. The normalized spacial score (nSPS) is 21.8. The molecule has 7 heteroatoms. The summed E-state index contributed by atoms with van der Waals surface area (Å²) < 4.78 is 19.6. The summed E-state index contributed by atoms with van der Waals surface area (Å²) in [6.07, 6.45) is 1.33. The van der Waals surface area contributed by atoms with Crippen molar-refractivity contribution in [2.45, 2.75) is 33.6 Å². The van der Waals surface area contributed by atoms with Crippen LogP contribution in [0.1, 0.15) is 40.4 Å². The number of ether oxygens (including phenoxy) is 1. The molecular weight excluding hydrogens is 421 g/mol. The maximum Gasteiger partial charge on any atom is 0.265 e. The Morgan fingerprint density at radius 3 is 2.48 bits per heavy atom. The molecule has 2 atom stereocenters. The van der Waals surface area contributed by atoms with Crippen LogP contribution < -0.4 is 10.3 Å². The van der Waals surface area contributed by atoms with Crippen molar-refractivity contribution < 1.29 is 18.7 Å². The molecule has 176 valence electrons. The van der Waals surface area contributed by atoms with Crippen molar-refractivity contribution in [3.8, 4) is 0 Å². The predicted octanol–water partition coefficient (Wildman–Crippen LogP) is 3.65. The minimum Gasteiger partial charge on any atom is -0.379 e. The summed E-state index contributed by atoms with van der Waals surface area (Å²) in [5.41, 5.74) is 6.82. The molecule has 2 aliphatic rings. The Balaban J connectivity index is 1.54. The number of piperidine rings is 1. The quantitative estimate of drug-likeness (QED) is 0.751. The second-order valence-corrected chi connectivity index (χ2v) is 9.25. The van der Waals surface area contributed by atoms with Crippen LogP contribution in [0.3, 0.4) is 0 Å². The van der Waals surface area contributed by atoms with E-state index in [1.807, 2.05) is 54.9 Å². The lowest BCUT2D eigenvalue weighted by Crippen LogP contribution is -2.48. The van der Waals surface area contributed by atoms with E-state index in [9.17, 15) is 14.0 Å². The van der Waals surface area contributed by atoms with Crippen LogP contribution >= 0.6 is 0 Å². The molecule has 0 unspecified atom stereocenters. The van der Waals surface area contributed by atoms with E-state index >= 15 is 0 Å². The van der Waals surface area contributed by atoms with E-state index < -0.39 is 0 Å². The average molecular weight is 454 g/mol. The Labute approximate surface area is 194 Å². The largest absolute Gasteiger partial charge is 0.379 e. The molecule has 2 amide bonds. The molecular formula is C26H32FN3O3. The zero-order chi connectivity index (χ0) is 23.5. The number of halogens is 1. The highest BCUT2D eigenvalue weighted by Gasteiger charge is 2.34. The molecule has 0 radical (unpaired) electrons. The molecule has 0 aromatic heterocycles. The number of morpholine rings is 1. The van der Waals surface area contributed by atoms with E-state index in [2.05, 4.69) is 5.43 Å². The van der Waals surface area contributed by atoms with Crippen LogP contribution in [0.15, 0.2) is 36.4 Å². The van der Waals surface area contributed by atoms with Crippen LogP contribution in [-0.2, 0) is 16.0 Å². The van der Waals surface area contributed by atoms with Gasteiger partial charge >= 0.3 is 0 Å². The zero-order valence-electron chi connectivity index (χ0n) is 19.6. The third kappa shape index (κ3) is 5.25. The Hall–Kier alpha value is -2.77. The number of carbonyl (C=O) groups is 2. The highest BCUT2D eigenvalue weighted by molar-refractivity contribution is 5.99. The summed E-state index contributed by atoms with van der Waals surface area (Å²) in [6.45, 7) is 8.87. The second kappa shape index (κ2) is 10.0. The topological polar surface area (TPSA) is 61.9 Å². The van der Waals surface area contributed by atoms with Gasteiger partial charge in [-0.2, -0.15) is 0 Å². The summed E-state index contributed by atoms with van der Waals surface area (Å²) in [7, 11) is 0. The number of nitrogens with one attached hydrogen (secondary N) is 1. The average Bonchev–Trinajstić information content (AvgIpc) is 2.78. The van der Waals surface area contributed by atoms with E-state index in [1.165, 1.54) is 6.07 Å². The Bertz CT molecular complexity index is 1010. The van der Waals surface area contributed by atoms with Crippen molar-refractivity contribution in [3.63, 3.8) is 0 Å². The molecule has 2 aliphatic heterocycles. The SMILES string of the molecule is Cc1cc(C(=O)NN2CCOCC2)cc(C)c1N1C[C@@H](Cc2ccccc2F)C[C@@H](C)C1=O. The highest BCUT2D eigenvalue weighted by atomic mass is 19.1. The summed E-state index contributed by atoms with van der Waals surface area (Å²) in [6, 6.07) is 10.5. The van der Waals surface area contributed by atoms with E-state index in [1.54, 1.807) is 6.07 Å². The van der Waals surface area contributed by atoms with Crippen molar-refractivity contribution in [1.29, 1.82) is 0 Å². The van der Waals surface area contributed by atoms with E-state index in [-0.39, 0.29) is 29.5 Å². The van der Waals surface area contributed by atoms with E-state index in [0.29, 0.717) is 50.4 Å². The number of carbonyl (C=O) groups excluding carboxylic acids is 2. The molecule has 0 saturated carbocycles. The maximum absolute atomic E-state index is 14.2. The molecule has 33 heavy (non-hydrogen) atoms. The van der Waals surface area contributed by atoms with E-state index in [4.69, 9.17) is 4.74 Å². The first-order chi connectivity index (χ1) is 15.8. The number of hydrazine groups is 1. The van der Waals surface area contributed by atoms with Crippen LogP contribution in [0, 0.1) is 31.5 Å². The lowest BCUT2D eigenvalue weighted by molar-refractivity contribution is -0.124. The fourth-order valence-corrected chi connectivity index (χ4v) is 5.01. The number of hydrogen-bond acceptors (Lipinski definition) is 4. The monoisotopic (exact) mass is 453 g/mol. The van der Waals surface area contributed by atoms with Crippen molar-refractivity contribution in [2.75, 3.05) is 37.7 Å². The van der Waals surface area contributed by atoms with Gasteiger partial charge in [0.1, 0.15) is 5.82 Å². The summed E-state index contributed by atoms with van der Waals surface area (Å²) in [5, 5.41) is 1.87. The Morgan fingerprint density at radius 2 is 1.82 bits per heavy atom. The summed E-state index contributed by atoms with van der Waals surface area (Å²) in [5.74, 6) is -0.255. The van der Waals surface area contributed by atoms with E-state index in [0.717, 1.165) is 23.2 Å². The van der Waals surface area contributed by atoms with Gasteiger partial charge in [0.2, 0.25) is 5.91 Å². The van der Waals surface area contributed by atoms with Gasteiger partial charge in [0.15, 0.2) is 0 Å². The van der Waals surface area contributed by atoms with Crippen LogP contribution in [0.5, 0.6) is 0 Å². The maximum atomic E-state index is 14.2. The number of aryl methyl sites for hydroxylation is 2. The van der Waals surface area contributed by atoms with Gasteiger partial charge in [-0.1, -0.05) is 25.1 Å². The molecule has 2 heterocycles. The smallest absolute Gasteiger partial charge is 0.265 e. The van der Waals surface area contributed by atoms with Crippen LogP contribution in [0.4, 0.5) is 10.1 Å². The Morgan fingerprint density at radius 1 is 1.15 bits per heavy atom. The fourth-order valence-electron chi connectivity index (χ4n) is 5.01. The molecule has 0 bridgehead atoms. The van der Waals surface area contributed by atoms with Gasteiger partial charge in [-0.15, -0.1) is 0 Å². The van der Waals surface area contributed by atoms with Gasteiger partial charge in [0.25, 0.3) is 5.91 Å². The third-order valence-corrected chi connectivity index (χ3v) is 6.58. The standard InChI is InChI=1S/C26H32FN3O3/c1-17-13-22(25(31)28-29-8-10-33-11-9-29)14-18(2)24(17)30-16-20(12-19(3)26(30)32)15-21-6-4-5-7-23(21)27/h4-7,13-14,19-20H,8-12,15-16H2,1-3H3,(H,28,31)/t19-,20-/m1/s1. The molecule has 1 N–H and O–H groups in total. The molecule has 2 aromatic rings. The van der Waals surface area contributed by atoms with Gasteiger partial charge in [-0.25, -0.2) is 9.40 Å². The molecule has 0 spiro atoms. The molecule has 6 nitrogen and oxygen atoms in total. The van der Waals surface area contributed by atoms with Gasteiger partial charge in [-0.05, 0) is 67.5 Å². The van der Waals surface area contributed by atoms with Crippen molar-refractivity contribution in [1.82, 2.24) is 10.4 Å². The number of rotatable bonds is 5. The molecule has 2 aromatic carbocycles. The fraction of sp³-hybridized carbons (Fsp3) is 0.462. The number of amides is 2. The Kier molecular flexibility index (Phi) is 7.10. The molecule has 2 fully saturated rings. The van der Waals surface area contributed by atoms with Gasteiger partial charge < -0.3 is 9.64 Å².